The summed E-state index contributed by atoms with van der Waals surface area (Å²) in [6.07, 6.45) is 1.56. The van der Waals surface area contributed by atoms with Gasteiger partial charge in [0.2, 0.25) is 5.91 Å². The van der Waals surface area contributed by atoms with E-state index in [2.05, 4.69) is 15.2 Å². The van der Waals surface area contributed by atoms with Crippen molar-refractivity contribution in [1.82, 2.24) is 10.2 Å². The van der Waals surface area contributed by atoms with E-state index in [-0.39, 0.29) is 23.4 Å². The predicted octanol–water partition coefficient (Wildman–Crippen LogP) is 2.75. The van der Waals surface area contributed by atoms with E-state index in [0.29, 0.717) is 23.9 Å². The van der Waals surface area contributed by atoms with Gasteiger partial charge in [-0.15, -0.1) is 0 Å². The molecule has 7 heteroatoms. The number of hydrogen-bond donors (Lipinski definition) is 2. The molecule has 1 aromatic rings. The van der Waals surface area contributed by atoms with Crippen molar-refractivity contribution in [2.24, 2.45) is 16.6 Å². The number of nitrogens with one attached hydrogen (secondary N) is 1. The summed E-state index contributed by atoms with van der Waals surface area (Å²) in [5.41, 5.74) is 7.13. The fraction of sp³-hybridized carbons (Fsp3) is 0.636. The summed E-state index contributed by atoms with van der Waals surface area (Å²) in [5.74, 6) is 2.03. The molecule has 3 N–H and O–H groups in total. The second-order valence-electron chi connectivity index (χ2n) is 8.43. The highest BCUT2D eigenvalue weighted by Crippen LogP contribution is 2.38. The second kappa shape index (κ2) is 9.96. The van der Waals surface area contributed by atoms with E-state index in [4.69, 9.17) is 15.2 Å². The number of carbonyl (C=O) groups is 1. The third kappa shape index (κ3) is 5.85. The van der Waals surface area contributed by atoms with Gasteiger partial charge in [0.15, 0.2) is 11.5 Å². The number of para-hydroxylation sites is 1. The quantitative estimate of drug-likeness (QED) is 0.539. The lowest BCUT2D eigenvalue weighted by Gasteiger charge is -2.38. The normalized spacial score (nSPS) is 17.7. The third-order valence-electron chi connectivity index (χ3n) is 5.11. The molecule has 1 amide bonds. The Bertz CT molecular complexity index is 719. The van der Waals surface area contributed by atoms with Gasteiger partial charge in [0.1, 0.15) is 5.84 Å². The van der Waals surface area contributed by atoms with Gasteiger partial charge in [0.05, 0.1) is 20.3 Å². The van der Waals surface area contributed by atoms with Crippen molar-refractivity contribution < 1.29 is 14.3 Å². The van der Waals surface area contributed by atoms with Crippen molar-refractivity contribution in [2.45, 2.75) is 52.1 Å². The highest BCUT2D eigenvalue weighted by atomic mass is 16.5. The lowest BCUT2D eigenvalue weighted by molar-refractivity contribution is -0.128. The van der Waals surface area contributed by atoms with Crippen LogP contribution in [-0.2, 0) is 4.79 Å². The maximum atomic E-state index is 12.6. The van der Waals surface area contributed by atoms with Crippen LogP contribution in [0.4, 0.5) is 0 Å². The van der Waals surface area contributed by atoms with Crippen LogP contribution in [0.2, 0.25) is 0 Å². The molecule has 0 saturated carbocycles. The van der Waals surface area contributed by atoms with Gasteiger partial charge in [-0.1, -0.05) is 12.1 Å². The van der Waals surface area contributed by atoms with Crippen LogP contribution < -0.4 is 20.5 Å². The molecule has 1 unspecified atom stereocenters. The van der Waals surface area contributed by atoms with Crippen molar-refractivity contribution in [3.63, 3.8) is 0 Å². The molecule has 1 aliphatic heterocycles. The fourth-order valence-electron chi connectivity index (χ4n) is 3.83. The molecule has 0 aliphatic carbocycles. The monoisotopic (exact) mass is 404 g/mol. The Hall–Kier alpha value is -2.28. The average molecular weight is 405 g/mol. The molecular weight excluding hydrogens is 368 g/mol. The van der Waals surface area contributed by atoms with Gasteiger partial charge < -0.3 is 20.5 Å². The number of likely N-dealkylation sites (tertiary alicyclic amines) is 1. The highest BCUT2D eigenvalue weighted by Gasteiger charge is 2.34. The molecule has 0 spiro atoms. The first-order valence-corrected chi connectivity index (χ1v) is 10.3. The molecule has 2 rings (SSSR count). The van der Waals surface area contributed by atoms with E-state index < -0.39 is 0 Å². The number of carbonyl (C=O) groups excluding carboxylic acids is 1. The van der Waals surface area contributed by atoms with Gasteiger partial charge in [-0.25, -0.2) is 0 Å². The fourth-order valence-corrected chi connectivity index (χ4v) is 3.83. The summed E-state index contributed by atoms with van der Waals surface area (Å²) < 4.78 is 11.1. The number of nitrogens with two attached hydrogens (primary N) is 1. The first-order valence-electron chi connectivity index (χ1n) is 10.3. The average Bonchev–Trinajstić information content (AvgIpc) is 2.67. The second-order valence-corrected chi connectivity index (χ2v) is 8.43. The lowest BCUT2D eigenvalue weighted by atomic mass is 9.92. The molecule has 1 heterocycles. The van der Waals surface area contributed by atoms with Crippen LogP contribution in [0, 0.1) is 5.92 Å². The van der Waals surface area contributed by atoms with Gasteiger partial charge in [-0.3, -0.25) is 14.7 Å². The number of methoxy groups -OCH3 is 2. The predicted molar refractivity (Wildman–Crippen MR) is 117 cm³/mol. The minimum atomic E-state index is -0.219. The maximum Gasteiger partial charge on any atom is 0.223 e. The molecule has 1 atom stereocenters. The minimum Gasteiger partial charge on any atom is -0.493 e. The van der Waals surface area contributed by atoms with Gasteiger partial charge in [-0.2, -0.15) is 0 Å². The van der Waals surface area contributed by atoms with Gasteiger partial charge in [-0.05, 0) is 59.7 Å². The van der Waals surface area contributed by atoms with Crippen LogP contribution in [0.1, 0.15) is 52.1 Å². The Balaban J connectivity index is 2.26. The first kappa shape index (κ1) is 23.0. The van der Waals surface area contributed by atoms with Crippen molar-refractivity contribution in [2.75, 3.05) is 33.9 Å². The Kier molecular flexibility index (Phi) is 7.90. The molecular formula is C22H36N4O3. The molecule has 0 radical (unpaired) electrons. The number of amides is 1. The van der Waals surface area contributed by atoms with Gasteiger partial charge in [0, 0.05) is 23.6 Å². The van der Waals surface area contributed by atoms with Gasteiger partial charge in [0.25, 0.3) is 0 Å². The molecule has 1 aromatic carbocycles. The highest BCUT2D eigenvalue weighted by molar-refractivity contribution is 5.88. The number of rotatable bonds is 7. The van der Waals surface area contributed by atoms with Crippen LogP contribution in [-0.4, -0.2) is 56.0 Å². The largest absolute Gasteiger partial charge is 0.493 e. The number of nitrogens with zero attached hydrogens (tertiary/aromatic N) is 2. The maximum absolute atomic E-state index is 12.6. The zero-order valence-corrected chi connectivity index (χ0v) is 18.6. The number of aliphatic imine (C=N–C) groups is 1. The van der Waals surface area contributed by atoms with Crippen LogP contribution in [0.3, 0.4) is 0 Å². The minimum absolute atomic E-state index is 0.0164. The van der Waals surface area contributed by atoms with Crippen LogP contribution in [0.5, 0.6) is 11.5 Å². The summed E-state index contributed by atoms with van der Waals surface area (Å²) in [4.78, 5) is 19.3. The molecule has 7 nitrogen and oxygen atoms in total. The summed E-state index contributed by atoms with van der Waals surface area (Å²) in [6.45, 7) is 10.1. The Morgan fingerprint density at radius 2 is 1.93 bits per heavy atom. The van der Waals surface area contributed by atoms with Crippen LogP contribution in [0.15, 0.2) is 23.2 Å². The number of amidine groups is 1. The van der Waals surface area contributed by atoms with Crippen LogP contribution >= 0.6 is 0 Å². The number of hydrogen-bond acceptors (Lipinski definition) is 5. The van der Waals surface area contributed by atoms with E-state index in [1.165, 1.54) is 0 Å². The SMILES string of the molecule is CCN=C(N)C(c1cccc(OC)c1OC)N1CCC(C(=O)NC(C)(C)C)CC1. The van der Waals surface area contributed by atoms with E-state index in [9.17, 15) is 4.79 Å². The topological polar surface area (TPSA) is 89.2 Å². The van der Waals surface area contributed by atoms with Crippen molar-refractivity contribution in [1.29, 1.82) is 0 Å². The van der Waals surface area contributed by atoms with Gasteiger partial charge >= 0.3 is 0 Å². The Morgan fingerprint density at radius 3 is 2.45 bits per heavy atom. The molecule has 1 saturated heterocycles. The molecule has 0 bridgehead atoms. The van der Waals surface area contributed by atoms with Crippen molar-refractivity contribution in [3.8, 4) is 11.5 Å². The summed E-state index contributed by atoms with van der Waals surface area (Å²) in [6, 6.07) is 5.59. The summed E-state index contributed by atoms with van der Waals surface area (Å²) in [7, 11) is 3.26. The van der Waals surface area contributed by atoms with E-state index in [1.54, 1.807) is 14.2 Å². The van der Waals surface area contributed by atoms with E-state index >= 15 is 0 Å². The molecule has 1 fully saturated rings. The standard InChI is InChI=1S/C22H36N4O3/c1-7-24-20(23)18(16-9-8-10-17(28-5)19(16)29-6)26-13-11-15(12-14-26)21(27)25-22(2,3)4/h8-10,15,18H,7,11-14H2,1-6H3,(H2,23,24)(H,25,27). The first-order chi connectivity index (χ1) is 13.7. The zero-order valence-electron chi connectivity index (χ0n) is 18.6. The van der Waals surface area contributed by atoms with E-state index in [1.807, 2.05) is 45.9 Å². The van der Waals surface area contributed by atoms with Crippen molar-refractivity contribution >= 4 is 11.7 Å². The summed E-state index contributed by atoms with van der Waals surface area (Å²) >= 11 is 0. The number of benzene rings is 1. The van der Waals surface area contributed by atoms with Crippen LogP contribution in [0.25, 0.3) is 0 Å². The molecule has 0 aromatic heterocycles. The number of ether oxygens (including phenoxy) is 2. The third-order valence-corrected chi connectivity index (χ3v) is 5.11. The zero-order chi connectivity index (χ0) is 21.6. The Labute approximate surface area is 174 Å². The van der Waals surface area contributed by atoms with Crippen molar-refractivity contribution in [3.05, 3.63) is 23.8 Å². The molecule has 1 aliphatic rings. The smallest absolute Gasteiger partial charge is 0.223 e. The Morgan fingerprint density at radius 1 is 1.28 bits per heavy atom. The number of piperidine rings is 1. The molecule has 29 heavy (non-hydrogen) atoms. The molecule has 162 valence electrons. The lowest BCUT2D eigenvalue weighted by Crippen LogP contribution is -2.48. The summed E-state index contributed by atoms with van der Waals surface area (Å²) in [5, 5.41) is 3.10. The van der Waals surface area contributed by atoms with E-state index in [0.717, 1.165) is 31.5 Å².